The normalized spacial score (nSPS) is 16.0. The van der Waals surface area contributed by atoms with Crippen LogP contribution in [0.25, 0.3) is 0 Å². The predicted molar refractivity (Wildman–Crippen MR) is 98.2 cm³/mol. The second-order valence-electron chi connectivity index (χ2n) is 7.84. The lowest BCUT2D eigenvalue weighted by atomic mass is 9.64. The molecular weight excluding hydrogens is 389 g/mol. The highest BCUT2D eigenvalue weighted by atomic mass is 19.2. The van der Waals surface area contributed by atoms with Crippen LogP contribution < -0.4 is 4.65 Å². The van der Waals surface area contributed by atoms with Crippen molar-refractivity contribution in [1.29, 1.82) is 0 Å². The number of ketones is 1. The maximum Gasteiger partial charge on any atom is 0.526 e. The molecule has 0 saturated heterocycles. The minimum atomic E-state index is -1.51. The largest absolute Gasteiger partial charge is 0.535 e. The molecule has 1 atom stereocenters. The third-order valence-electron chi connectivity index (χ3n) is 4.45. The molecule has 1 N–H and O–H groups in total. The summed E-state index contributed by atoms with van der Waals surface area (Å²) in [7, 11) is -1.48. The number of hydrogen-bond acceptors (Lipinski definition) is 7. The third-order valence-corrected chi connectivity index (χ3v) is 4.45. The third kappa shape index (κ3) is 5.32. The summed E-state index contributed by atoms with van der Waals surface area (Å²) < 4.78 is 43.1. The maximum atomic E-state index is 14.3. The lowest BCUT2D eigenvalue weighted by Gasteiger charge is -2.28. The molecule has 158 valence electrons. The van der Waals surface area contributed by atoms with Gasteiger partial charge in [-0.25, -0.2) is 13.6 Å². The van der Waals surface area contributed by atoms with E-state index in [1.807, 2.05) is 0 Å². The molecule has 1 aromatic carbocycles. The minimum absolute atomic E-state index is 0.00135. The fraction of sp³-hybridized carbons (Fsp3) is 0.526. The summed E-state index contributed by atoms with van der Waals surface area (Å²) in [6.45, 7) is 5.65. The predicted octanol–water partition coefficient (Wildman–Crippen LogP) is 2.82. The average Bonchev–Trinajstić information content (AvgIpc) is 2.63. The fourth-order valence-electron chi connectivity index (χ4n) is 2.77. The van der Waals surface area contributed by atoms with Gasteiger partial charge >= 0.3 is 19.1 Å². The Balaban J connectivity index is 2.22. The van der Waals surface area contributed by atoms with E-state index in [2.05, 4.69) is 0 Å². The van der Waals surface area contributed by atoms with Crippen LogP contribution >= 0.6 is 0 Å². The molecule has 1 heterocycles. The summed E-state index contributed by atoms with van der Waals surface area (Å²) in [5.74, 6) is -5.91. The first-order valence-electron chi connectivity index (χ1n) is 9.17. The SMILES string of the molecule is CCC(=O)C[C@H]1Cc2cc(F)c(F)c(C(=O)OCOC(=O)C(C)(C)C)c2OB1O. The Morgan fingerprint density at radius 2 is 1.93 bits per heavy atom. The van der Waals surface area contributed by atoms with Crippen molar-refractivity contribution in [3.8, 4) is 5.75 Å². The van der Waals surface area contributed by atoms with E-state index in [4.69, 9.17) is 14.1 Å². The summed E-state index contributed by atoms with van der Waals surface area (Å²) in [4.78, 5) is 35.7. The Labute approximate surface area is 167 Å². The highest BCUT2D eigenvalue weighted by Crippen LogP contribution is 2.38. The van der Waals surface area contributed by atoms with Crippen LogP contribution in [0.15, 0.2) is 6.07 Å². The van der Waals surface area contributed by atoms with Gasteiger partial charge in [-0.1, -0.05) is 6.92 Å². The molecule has 1 aliphatic rings. The molecule has 0 radical (unpaired) electrons. The zero-order valence-corrected chi connectivity index (χ0v) is 16.7. The highest BCUT2D eigenvalue weighted by Gasteiger charge is 2.40. The number of rotatable bonds is 6. The average molecular weight is 412 g/mol. The summed E-state index contributed by atoms with van der Waals surface area (Å²) >= 11 is 0. The van der Waals surface area contributed by atoms with Gasteiger partial charge in [0.05, 0.1) is 5.41 Å². The van der Waals surface area contributed by atoms with Gasteiger partial charge in [0, 0.05) is 18.7 Å². The number of esters is 2. The summed E-state index contributed by atoms with van der Waals surface area (Å²) in [6.07, 6.45) is 0.274. The van der Waals surface area contributed by atoms with Crippen LogP contribution in [-0.2, 0) is 25.5 Å². The van der Waals surface area contributed by atoms with Crippen molar-refractivity contribution in [3.63, 3.8) is 0 Å². The van der Waals surface area contributed by atoms with Crippen LogP contribution in [0.3, 0.4) is 0 Å². The molecule has 0 saturated carbocycles. The van der Waals surface area contributed by atoms with Gasteiger partial charge in [-0.3, -0.25) is 9.59 Å². The minimum Gasteiger partial charge on any atom is -0.535 e. The summed E-state index contributed by atoms with van der Waals surface area (Å²) in [5.41, 5.74) is -1.55. The van der Waals surface area contributed by atoms with Gasteiger partial charge in [0.2, 0.25) is 6.79 Å². The van der Waals surface area contributed by atoms with Crippen LogP contribution in [0.2, 0.25) is 5.82 Å². The van der Waals surface area contributed by atoms with Crippen LogP contribution in [-0.4, -0.2) is 36.7 Å². The highest BCUT2D eigenvalue weighted by molar-refractivity contribution is 6.47. The van der Waals surface area contributed by atoms with Crippen LogP contribution in [0.1, 0.15) is 56.5 Å². The van der Waals surface area contributed by atoms with E-state index in [0.29, 0.717) is 0 Å². The van der Waals surface area contributed by atoms with Crippen molar-refractivity contribution in [1.82, 2.24) is 0 Å². The number of halogens is 2. The molecule has 1 aliphatic heterocycles. The molecule has 0 fully saturated rings. The molecule has 0 spiro atoms. The zero-order chi connectivity index (χ0) is 21.9. The molecule has 1 aromatic rings. The molecular formula is C19H23BF2O7. The van der Waals surface area contributed by atoms with Crippen LogP contribution in [0.4, 0.5) is 8.78 Å². The van der Waals surface area contributed by atoms with E-state index >= 15 is 0 Å². The van der Waals surface area contributed by atoms with Gasteiger partial charge < -0.3 is 19.2 Å². The van der Waals surface area contributed by atoms with Gasteiger partial charge in [-0.2, -0.15) is 0 Å². The van der Waals surface area contributed by atoms with E-state index in [-0.39, 0.29) is 36.4 Å². The van der Waals surface area contributed by atoms with E-state index in [1.165, 1.54) is 0 Å². The summed E-state index contributed by atoms with van der Waals surface area (Å²) in [5, 5.41) is 10.2. The summed E-state index contributed by atoms with van der Waals surface area (Å²) in [6, 6.07) is 0.858. The lowest BCUT2D eigenvalue weighted by molar-refractivity contribution is -0.161. The molecule has 7 nitrogen and oxygen atoms in total. The van der Waals surface area contributed by atoms with E-state index in [1.54, 1.807) is 27.7 Å². The first kappa shape index (κ1) is 22.8. The number of benzene rings is 1. The van der Waals surface area contributed by atoms with Crippen LogP contribution in [0.5, 0.6) is 5.75 Å². The number of Topliss-reactive ketones (excluding diaryl/α,β-unsaturated/α-hetero) is 1. The Hall–Kier alpha value is -2.49. The first-order valence-corrected chi connectivity index (χ1v) is 9.17. The van der Waals surface area contributed by atoms with Crippen molar-refractivity contribution < 1.29 is 42.3 Å². The molecule has 10 heteroatoms. The second-order valence-corrected chi connectivity index (χ2v) is 7.84. The maximum absolute atomic E-state index is 14.3. The van der Waals surface area contributed by atoms with Crippen molar-refractivity contribution >= 4 is 24.8 Å². The number of fused-ring (bicyclic) bond motifs is 1. The Morgan fingerprint density at radius 1 is 1.28 bits per heavy atom. The molecule has 0 aromatic heterocycles. The van der Waals surface area contributed by atoms with Crippen molar-refractivity contribution in [2.24, 2.45) is 5.41 Å². The van der Waals surface area contributed by atoms with E-state index in [9.17, 15) is 28.2 Å². The Bertz CT molecular complexity index is 820. The van der Waals surface area contributed by atoms with Gasteiger partial charge in [-0.05, 0) is 38.8 Å². The zero-order valence-electron chi connectivity index (χ0n) is 16.7. The van der Waals surface area contributed by atoms with E-state index < -0.39 is 54.3 Å². The van der Waals surface area contributed by atoms with E-state index in [0.717, 1.165) is 6.07 Å². The molecule has 29 heavy (non-hydrogen) atoms. The lowest BCUT2D eigenvalue weighted by Crippen LogP contribution is -2.36. The molecule has 0 aliphatic carbocycles. The van der Waals surface area contributed by atoms with Gasteiger partial charge in [-0.15, -0.1) is 0 Å². The quantitative estimate of drug-likeness (QED) is 0.436. The van der Waals surface area contributed by atoms with Crippen molar-refractivity contribution in [2.45, 2.75) is 52.8 Å². The number of carbonyl (C=O) groups is 3. The van der Waals surface area contributed by atoms with Gasteiger partial charge in [0.15, 0.2) is 11.6 Å². The number of hydrogen-bond donors (Lipinski definition) is 1. The molecule has 0 bridgehead atoms. The van der Waals surface area contributed by atoms with Crippen molar-refractivity contribution in [2.75, 3.05) is 6.79 Å². The first-order chi connectivity index (χ1) is 13.5. The Morgan fingerprint density at radius 3 is 2.52 bits per heavy atom. The van der Waals surface area contributed by atoms with Crippen LogP contribution in [0, 0.1) is 17.0 Å². The molecule has 0 amide bonds. The standard InChI is InChI=1S/C19H23BF2O7/c1-5-12(23)8-11-6-10-7-13(21)15(22)14(16(10)29-20(11)26)17(24)27-9-28-18(25)19(2,3)4/h7,11,26H,5-6,8-9H2,1-4H3/t11-/m1/s1. The van der Waals surface area contributed by atoms with Gasteiger partial charge in [0.25, 0.3) is 0 Å². The fourth-order valence-corrected chi connectivity index (χ4v) is 2.77. The molecule has 0 unspecified atom stereocenters. The second kappa shape index (κ2) is 8.90. The Kier molecular flexibility index (Phi) is 7.00. The molecule has 2 rings (SSSR count). The topological polar surface area (TPSA) is 99.1 Å². The smallest absolute Gasteiger partial charge is 0.526 e. The number of carbonyl (C=O) groups excluding carboxylic acids is 3. The number of ether oxygens (including phenoxy) is 2. The van der Waals surface area contributed by atoms with Gasteiger partial charge in [0.1, 0.15) is 17.1 Å². The monoisotopic (exact) mass is 412 g/mol. The van der Waals surface area contributed by atoms with Crippen molar-refractivity contribution in [3.05, 3.63) is 28.8 Å².